The summed E-state index contributed by atoms with van der Waals surface area (Å²) in [6.45, 7) is 5.18. The number of ether oxygens (including phenoxy) is 2. The first-order valence-electron chi connectivity index (χ1n) is 7.69. The molecule has 0 spiro atoms. The van der Waals surface area contributed by atoms with Gasteiger partial charge in [-0.15, -0.1) is 10.2 Å². The zero-order valence-electron chi connectivity index (χ0n) is 13.9. The van der Waals surface area contributed by atoms with Crippen LogP contribution in [0.1, 0.15) is 29.9 Å². The smallest absolute Gasteiger partial charge is 0.271 e. The third-order valence-electron chi connectivity index (χ3n) is 3.99. The average Bonchev–Trinajstić information content (AvgIpc) is 3.07. The lowest BCUT2D eigenvalue weighted by molar-refractivity contribution is 0.0957. The second kappa shape index (κ2) is 6.35. The summed E-state index contributed by atoms with van der Waals surface area (Å²) in [6.07, 6.45) is 0. The maximum atomic E-state index is 11.5. The van der Waals surface area contributed by atoms with Crippen molar-refractivity contribution in [3.05, 3.63) is 41.6 Å². The van der Waals surface area contributed by atoms with Crippen LogP contribution in [0.2, 0.25) is 0 Å². The van der Waals surface area contributed by atoms with Gasteiger partial charge in [0.1, 0.15) is 5.82 Å². The molecule has 1 aliphatic heterocycles. The molecule has 1 aromatic carbocycles. The lowest BCUT2D eigenvalue weighted by atomic mass is 9.84. The van der Waals surface area contributed by atoms with Crippen LogP contribution in [0, 0.1) is 0 Å². The van der Waals surface area contributed by atoms with Crippen LogP contribution >= 0.6 is 0 Å². The lowest BCUT2D eigenvalue weighted by Crippen LogP contribution is -2.28. The molecule has 7 nitrogen and oxygen atoms in total. The van der Waals surface area contributed by atoms with Crippen LogP contribution in [0.15, 0.2) is 30.3 Å². The van der Waals surface area contributed by atoms with Crippen molar-refractivity contribution in [1.82, 2.24) is 15.5 Å². The van der Waals surface area contributed by atoms with Crippen molar-refractivity contribution < 1.29 is 14.3 Å². The Morgan fingerprint density at radius 2 is 1.96 bits per heavy atom. The van der Waals surface area contributed by atoms with E-state index in [2.05, 4.69) is 34.7 Å². The summed E-state index contributed by atoms with van der Waals surface area (Å²) < 4.78 is 10.8. The van der Waals surface area contributed by atoms with Gasteiger partial charge in [-0.2, -0.15) is 0 Å². The zero-order valence-corrected chi connectivity index (χ0v) is 13.9. The van der Waals surface area contributed by atoms with Crippen LogP contribution in [0.5, 0.6) is 11.5 Å². The van der Waals surface area contributed by atoms with Gasteiger partial charge in [0.15, 0.2) is 17.2 Å². The number of nitrogens with zero attached hydrogens (tertiary/aromatic N) is 2. The SMILES string of the molecule is CNC(=O)c1ccc(NCC(C)(C)c2ccc3c(c2)OCO3)nn1. The van der Waals surface area contributed by atoms with E-state index in [9.17, 15) is 4.79 Å². The van der Waals surface area contributed by atoms with Gasteiger partial charge in [-0.05, 0) is 29.8 Å². The molecule has 0 radical (unpaired) electrons. The van der Waals surface area contributed by atoms with Crippen molar-refractivity contribution in [2.75, 3.05) is 25.7 Å². The summed E-state index contributed by atoms with van der Waals surface area (Å²) in [5, 5.41) is 13.7. The Morgan fingerprint density at radius 3 is 2.67 bits per heavy atom. The normalized spacial score (nSPS) is 12.8. The molecule has 126 valence electrons. The van der Waals surface area contributed by atoms with E-state index in [4.69, 9.17) is 9.47 Å². The molecule has 2 N–H and O–H groups in total. The molecular formula is C17H20N4O3. The van der Waals surface area contributed by atoms with E-state index in [0.29, 0.717) is 12.4 Å². The highest BCUT2D eigenvalue weighted by Gasteiger charge is 2.24. The van der Waals surface area contributed by atoms with E-state index in [-0.39, 0.29) is 23.8 Å². The summed E-state index contributed by atoms with van der Waals surface area (Å²) in [4.78, 5) is 11.5. The van der Waals surface area contributed by atoms with E-state index in [1.165, 1.54) is 0 Å². The van der Waals surface area contributed by atoms with Gasteiger partial charge in [0.05, 0.1) is 0 Å². The molecule has 0 unspecified atom stereocenters. The van der Waals surface area contributed by atoms with Crippen molar-refractivity contribution in [3.8, 4) is 11.5 Å². The van der Waals surface area contributed by atoms with Gasteiger partial charge in [0.25, 0.3) is 5.91 Å². The monoisotopic (exact) mass is 328 g/mol. The quantitative estimate of drug-likeness (QED) is 0.873. The van der Waals surface area contributed by atoms with Crippen molar-refractivity contribution >= 4 is 11.7 Å². The highest BCUT2D eigenvalue weighted by Crippen LogP contribution is 2.36. The predicted molar refractivity (Wildman–Crippen MR) is 89.5 cm³/mol. The predicted octanol–water partition coefficient (Wildman–Crippen LogP) is 1.95. The molecule has 0 saturated heterocycles. The summed E-state index contributed by atoms with van der Waals surface area (Å²) in [6, 6.07) is 9.35. The Bertz CT molecular complexity index is 744. The topological polar surface area (TPSA) is 85.4 Å². The van der Waals surface area contributed by atoms with Gasteiger partial charge < -0.3 is 20.1 Å². The number of fused-ring (bicyclic) bond motifs is 1. The number of amides is 1. The molecule has 7 heteroatoms. The standard InChI is InChI=1S/C17H20N4O3/c1-17(2,11-4-6-13-14(8-11)24-10-23-13)9-19-15-7-5-12(20-21-15)16(22)18-3/h4-8H,9-10H2,1-3H3,(H,18,22)(H,19,21). The molecule has 1 amide bonds. The number of nitrogens with one attached hydrogen (secondary N) is 2. The number of anilines is 1. The Labute approximate surface area is 140 Å². The molecule has 0 saturated carbocycles. The molecule has 24 heavy (non-hydrogen) atoms. The lowest BCUT2D eigenvalue weighted by Gasteiger charge is -2.26. The van der Waals surface area contributed by atoms with E-state index >= 15 is 0 Å². The minimum atomic E-state index is -0.255. The number of hydrogen-bond acceptors (Lipinski definition) is 6. The molecule has 1 aliphatic rings. The van der Waals surface area contributed by atoms with Gasteiger partial charge >= 0.3 is 0 Å². The molecule has 3 rings (SSSR count). The molecule has 2 aromatic rings. The summed E-state index contributed by atoms with van der Waals surface area (Å²) in [5.74, 6) is 1.92. The largest absolute Gasteiger partial charge is 0.454 e. The van der Waals surface area contributed by atoms with E-state index < -0.39 is 0 Å². The number of carbonyl (C=O) groups is 1. The molecular weight excluding hydrogens is 308 g/mol. The molecule has 0 fully saturated rings. The highest BCUT2D eigenvalue weighted by atomic mass is 16.7. The van der Waals surface area contributed by atoms with Crippen molar-refractivity contribution in [1.29, 1.82) is 0 Å². The fourth-order valence-corrected chi connectivity index (χ4v) is 2.41. The van der Waals surface area contributed by atoms with Crippen LogP contribution in [0.3, 0.4) is 0 Å². The maximum absolute atomic E-state index is 11.5. The Kier molecular flexibility index (Phi) is 4.24. The molecule has 2 heterocycles. The third-order valence-corrected chi connectivity index (χ3v) is 3.99. The van der Waals surface area contributed by atoms with Gasteiger partial charge in [0.2, 0.25) is 6.79 Å². The third kappa shape index (κ3) is 3.24. The summed E-state index contributed by atoms with van der Waals surface area (Å²) >= 11 is 0. The number of benzene rings is 1. The van der Waals surface area contributed by atoms with Crippen molar-refractivity contribution in [2.45, 2.75) is 19.3 Å². The maximum Gasteiger partial charge on any atom is 0.271 e. The van der Waals surface area contributed by atoms with Crippen LogP contribution in [0.4, 0.5) is 5.82 Å². The second-order valence-corrected chi connectivity index (χ2v) is 6.19. The van der Waals surface area contributed by atoms with Gasteiger partial charge in [-0.1, -0.05) is 19.9 Å². The average molecular weight is 328 g/mol. The van der Waals surface area contributed by atoms with E-state index in [0.717, 1.165) is 17.1 Å². The van der Waals surface area contributed by atoms with Crippen LogP contribution < -0.4 is 20.1 Å². The first kappa shape index (κ1) is 16.0. The Morgan fingerprint density at radius 1 is 1.17 bits per heavy atom. The van der Waals surface area contributed by atoms with Crippen molar-refractivity contribution in [2.24, 2.45) is 0 Å². The van der Waals surface area contributed by atoms with Crippen molar-refractivity contribution in [3.63, 3.8) is 0 Å². The fourth-order valence-electron chi connectivity index (χ4n) is 2.41. The van der Waals surface area contributed by atoms with Gasteiger partial charge in [-0.25, -0.2) is 0 Å². The molecule has 1 aromatic heterocycles. The number of rotatable bonds is 5. The number of aromatic nitrogens is 2. The van der Waals surface area contributed by atoms with Gasteiger partial charge in [-0.3, -0.25) is 4.79 Å². The van der Waals surface area contributed by atoms with E-state index in [1.807, 2.05) is 18.2 Å². The second-order valence-electron chi connectivity index (χ2n) is 6.19. The minimum Gasteiger partial charge on any atom is -0.454 e. The van der Waals surface area contributed by atoms with E-state index in [1.54, 1.807) is 19.2 Å². The Balaban J connectivity index is 1.67. The van der Waals surface area contributed by atoms with Gasteiger partial charge in [0, 0.05) is 19.0 Å². The van der Waals surface area contributed by atoms with Crippen LogP contribution in [-0.4, -0.2) is 36.5 Å². The highest BCUT2D eigenvalue weighted by molar-refractivity contribution is 5.91. The van der Waals surface area contributed by atoms with Crippen LogP contribution in [-0.2, 0) is 5.41 Å². The number of carbonyl (C=O) groups excluding carboxylic acids is 1. The first-order chi connectivity index (χ1) is 11.5. The Hall–Kier alpha value is -2.83. The first-order valence-corrected chi connectivity index (χ1v) is 7.69. The summed E-state index contributed by atoms with van der Waals surface area (Å²) in [7, 11) is 1.56. The molecule has 0 aliphatic carbocycles. The fraction of sp³-hybridized carbons (Fsp3) is 0.353. The van der Waals surface area contributed by atoms with Crippen LogP contribution in [0.25, 0.3) is 0 Å². The number of hydrogen-bond donors (Lipinski definition) is 2. The summed E-state index contributed by atoms with van der Waals surface area (Å²) in [5.41, 5.74) is 1.27. The minimum absolute atomic E-state index is 0.151. The molecule has 0 bridgehead atoms. The zero-order chi connectivity index (χ0) is 17.2. The molecule has 0 atom stereocenters.